The molecule has 4 rings (SSSR count). The lowest BCUT2D eigenvalue weighted by Gasteiger charge is -2.17. The van der Waals surface area contributed by atoms with Gasteiger partial charge < -0.3 is 25.7 Å². The summed E-state index contributed by atoms with van der Waals surface area (Å²) in [5.74, 6) is -1.28. The Morgan fingerprint density at radius 3 is 2.41 bits per heavy atom. The molecule has 0 aliphatic heterocycles. The van der Waals surface area contributed by atoms with Crippen LogP contribution >= 0.6 is 7.60 Å². The lowest BCUT2D eigenvalue weighted by molar-refractivity contribution is -0.137. The van der Waals surface area contributed by atoms with E-state index in [1.165, 1.54) is 37.4 Å². The molecule has 2 heterocycles. The highest BCUT2D eigenvalue weighted by Crippen LogP contribution is 2.39. The first-order valence-electron chi connectivity index (χ1n) is 12.4. The summed E-state index contributed by atoms with van der Waals surface area (Å²) >= 11 is 0. The van der Waals surface area contributed by atoms with Gasteiger partial charge in [-0.1, -0.05) is 25.1 Å². The molecule has 0 aliphatic rings. The molecule has 2 aromatic carbocycles. The van der Waals surface area contributed by atoms with Gasteiger partial charge in [0, 0.05) is 37.2 Å². The van der Waals surface area contributed by atoms with Gasteiger partial charge in [-0.2, -0.15) is 23.3 Å². The van der Waals surface area contributed by atoms with Crippen LogP contribution in [0.2, 0.25) is 0 Å². The number of amides is 1. The number of halogens is 3. The van der Waals surface area contributed by atoms with Crippen LogP contribution in [0.3, 0.4) is 0 Å². The third-order valence-corrected chi connectivity index (χ3v) is 6.63. The molecule has 4 aromatic rings. The van der Waals surface area contributed by atoms with Crippen molar-refractivity contribution in [3.8, 4) is 11.1 Å². The van der Waals surface area contributed by atoms with E-state index in [9.17, 15) is 22.5 Å². The van der Waals surface area contributed by atoms with Gasteiger partial charge in [0.1, 0.15) is 11.4 Å². The zero-order valence-electron chi connectivity index (χ0n) is 22.0. The van der Waals surface area contributed by atoms with E-state index in [0.29, 0.717) is 29.6 Å². The number of anilines is 4. The summed E-state index contributed by atoms with van der Waals surface area (Å²) in [5, 5.41) is 12.2. The van der Waals surface area contributed by atoms with Crippen LogP contribution in [0.1, 0.15) is 34.8 Å². The van der Waals surface area contributed by atoms with E-state index in [-0.39, 0.29) is 17.2 Å². The molecule has 41 heavy (non-hydrogen) atoms. The lowest BCUT2D eigenvalue weighted by Crippen LogP contribution is -2.20. The molecular formula is C26H27F3N7O4P. The highest BCUT2D eigenvalue weighted by Gasteiger charge is 2.35. The van der Waals surface area contributed by atoms with Crippen LogP contribution in [0.25, 0.3) is 11.1 Å². The topological polar surface area (TPSA) is 154 Å². The lowest BCUT2D eigenvalue weighted by atomic mass is 10.0. The highest BCUT2D eigenvalue weighted by molar-refractivity contribution is 7.50. The SMILES string of the molecule is CCCn1cc(-c2ccc(Nc3nc(Nc4ccc(CP(=O)(O)O)cc4)ncc3C(F)(F)F)c(C(=O)NC)c2)cn1. The summed E-state index contributed by atoms with van der Waals surface area (Å²) in [4.78, 5) is 38.8. The highest BCUT2D eigenvalue weighted by atomic mass is 31.2. The standard InChI is InChI=1S/C26H27F3N7O4P/c1-3-10-36-14-18(12-32-36)17-6-9-22(20(11-17)24(37)30-2)34-23-21(26(27,28)29)13-31-25(35-23)33-19-7-4-16(5-8-19)15-41(38,39)40/h4-9,11-14H,3,10,15H2,1-2H3,(H,30,37)(H2,38,39,40)(H2,31,33,34,35). The quantitative estimate of drug-likeness (QED) is 0.155. The number of hydrogen-bond acceptors (Lipinski definition) is 7. The van der Waals surface area contributed by atoms with E-state index >= 15 is 0 Å². The van der Waals surface area contributed by atoms with E-state index < -0.39 is 37.2 Å². The summed E-state index contributed by atoms with van der Waals surface area (Å²) in [6, 6.07) is 10.6. The summed E-state index contributed by atoms with van der Waals surface area (Å²) in [6.07, 6.45) is -0.280. The normalized spacial score (nSPS) is 11.8. The zero-order chi connectivity index (χ0) is 29.8. The number of aryl methyl sites for hydroxylation is 1. The second-order valence-corrected chi connectivity index (χ2v) is 10.7. The Labute approximate surface area is 233 Å². The molecule has 0 saturated carbocycles. The Balaban J connectivity index is 1.66. The molecule has 0 aliphatic carbocycles. The molecule has 1 amide bonds. The van der Waals surface area contributed by atoms with Gasteiger partial charge in [-0.25, -0.2) is 4.98 Å². The first-order chi connectivity index (χ1) is 19.4. The van der Waals surface area contributed by atoms with E-state index in [2.05, 4.69) is 31.0 Å². The monoisotopic (exact) mass is 589 g/mol. The Kier molecular flexibility index (Phi) is 8.76. The molecule has 0 saturated heterocycles. The molecule has 2 aromatic heterocycles. The largest absolute Gasteiger partial charge is 0.421 e. The minimum atomic E-state index is -4.80. The van der Waals surface area contributed by atoms with Crippen molar-refractivity contribution in [1.82, 2.24) is 25.1 Å². The molecule has 5 N–H and O–H groups in total. The maximum Gasteiger partial charge on any atom is 0.421 e. The third kappa shape index (κ3) is 7.69. The third-order valence-electron chi connectivity index (χ3n) is 5.86. The second-order valence-electron chi connectivity index (χ2n) is 9.05. The number of benzene rings is 2. The van der Waals surface area contributed by atoms with Gasteiger partial charge in [-0.05, 0) is 41.8 Å². The Morgan fingerprint density at radius 2 is 1.78 bits per heavy atom. The van der Waals surface area contributed by atoms with Crippen molar-refractivity contribution in [3.05, 3.63) is 77.7 Å². The van der Waals surface area contributed by atoms with Crippen LogP contribution in [-0.4, -0.2) is 42.5 Å². The van der Waals surface area contributed by atoms with E-state index in [1.807, 2.05) is 13.1 Å². The van der Waals surface area contributed by atoms with Crippen molar-refractivity contribution in [2.24, 2.45) is 0 Å². The van der Waals surface area contributed by atoms with Gasteiger partial charge in [0.25, 0.3) is 5.91 Å². The zero-order valence-corrected chi connectivity index (χ0v) is 22.9. The number of nitrogens with zero attached hydrogens (tertiary/aromatic N) is 4. The van der Waals surface area contributed by atoms with Crippen molar-refractivity contribution in [1.29, 1.82) is 0 Å². The van der Waals surface area contributed by atoms with Gasteiger partial charge in [-0.3, -0.25) is 14.0 Å². The van der Waals surface area contributed by atoms with E-state index in [4.69, 9.17) is 9.79 Å². The number of alkyl halides is 3. The Bertz CT molecular complexity index is 1590. The molecule has 0 atom stereocenters. The summed E-state index contributed by atoms with van der Waals surface area (Å²) < 4.78 is 54.6. The van der Waals surface area contributed by atoms with Crippen molar-refractivity contribution < 1.29 is 32.3 Å². The van der Waals surface area contributed by atoms with Gasteiger partial charge in [0.2, 0.25) is 5.95 Å². The molecule has 216 valence electrons. The Morgan fingerprint density at radius 1 is 1.05 bits per heavy atom. The molecule has 11 nitrogen and oxygen atoms in total. The molecular weight excluding hydrogens is 562 g/mol. The van der Waals surface area contributed by atoms with Crippen LogP contribution in [0.4, 0.5) is 36.3 Å². The fourth-order valence-electron chi connectivity index (χ4n) is 3.95. The predicted octanol–water partition coefficient (Wildman–Crippen LogP) is 5.29. The predicted molar refractivity (Wildman–Crippen MR) is 147 cm³/mol. The first-order valence-corrected chi connectivity index (χ1v) is 14.2. The summed E-state index contributed by atoms with van der Waals surface area (Å²) in [6.45, 7) is 2.73. The van der Waals surface area contributed by atoms with Gasteiger partial charge >= 0.3 is 13.8 Å². The number of nitrogens with one attached hydrogen (secondary N) is 3. The number of carbonyl (C=O) groups excluding carboxylic acids is 1. The summed E-state index contributed by atoms with van der Waals surface area (Å²) in [7, 11) is -2.85. The van der Waals surface area contributed by atoms with E-state index in [1.54, 1.807) is 23.0 Å². The smallest absolute Gasteiger partial charge is 0.355 e. The van der Waals surface area contributed by atoms with E-state index in [0.717, 1.165) is 12.0 Å². The molecule has 15 heteroatoms. The van der Waals surface area contributed by atoms with Crippen molar-refractivity contribution in [3.63, 3.8) is 0 Å². The van der Waals surface area contributed by atoms with Gasteiger partial charge in [0.15, 0.2) is 0 Å². The van der Waals surface area contributed by atoms with Crippen molar-refractivity contribution >= 4 is 36.6 Å². The molecule has 0 radical (unpaired) electrons. The minimum Gasteiger partial charge on any atom is -0.355 e. The fraction of sp³-hybridized carbons (Fsp3) is 0.231. The second kappa shape index (κ2) is 12.1. The molecule has 0 spiro atoms. The maximum atomic E-state index is 13.9. The van der Waals surface area contributed by atoms with Crippen LogP contribution in [0, 0.1) is 0 Å². The van der Waals surface area contributed by atoms with Crippen LogP contribution < -0.4 is 16.0 Å². The average molecular weight is 590 g/mol. The Hall–Kier alpha value is -4.26. The van der Waals surface area contributed by atoms with Crippen LogP contribution in [0.15, 0.2) is 61.1 Å². The van der Waals surface area contributed by atoms with Crippen LogP contribution in [-0.2, 0) is 23.4 Å². The van der Waals surface area contributed by atoms with Gasteiger partial charge in [-0.15, -0.1) is 0 Å². The minimum absolute atomic E-state index is 0.0889. The molecule has 0 bridgehead atoms. The summed E-state index contributed by atoms with van der Waals surface area (Å²) in [5.41, 5.74) is 1.19. The van der Waals surface area contributed by atoms with Crippen molar-refractivity contribution in [2.45, 2.75) is 32.2 Å². The average Bonchev–Trinajstić information content (AvgIpc) is 3.37. The number of hydrogen-bond donors (Lipinski definition) is 5. The number of aromatic nitrogens is 4. The van der Waals surface area contributed by atoms with Gasteiger partial charge in [0.05, 0.1) is 23.6 Å². The van der Waals surface area contributed by atoms with Crippen LogP contribution in [0.5, 0.6) is 0 Å². The van der Waals surface area contributed by atoms with Crippen molar-refractivity contribution in [2.75, 3.05) is 17.7 Å². The number of rotatable bonds is 10. The molecule has 0 fully saturated rings. The maximum absolute atomic E-state index is 13.9. The fourth-order valence-corrected chi connectivity index (χ4v) is 4.64. The number of carbonyl (C=O) groups is 1. The first kappa shape index (κ1) is 29.7. The molecule has 0 unspecified atom stereocenters.